The van der Waals surface area contributed by atoms with Crippen LogP contribution in [-0.2, 0) is 21.1 Å². The fourth-order valence-electron chi connectivity index (χ4n) is 4.41. The number of carbonyl (C=O) groups is 2. The molecule has 30 heavy (non-hydrogen) atoms. The Morgan fingerprint density at radius 1 is 1.07 bits per heavy atom. The number of alkyl halides is 3. The number of rotatable bonds is 5. The molecule has 1 atom stereocenters. The summed E-state index contributed by atoms with van der Waals surface area (Å²) in [7, 11) is 0. The van der Waals surface area contributed by atoms with Crippen molar-refractivity contribution in [1.82, 2.24) is 10.6 Å². The van der Waals surface area contributed by atoms with Gasteiger partial charge in [0.05, 0.1) is 18.3 Å². The second-order valence-corrected chi connectivity index (χ2v) is 8.07. The molecule has 1 spiro atoms. The van der Waals surface area contributed by atoms with Gasteiger partial charge in [-0.15, -0.1) is 0 Å². The number of hydrogen-bond acceptors (Lipinski definition) is 3. The molecule has 0 aromatic heterocycles. The summed E-state index contributed by atoms with van der Waals surface area (Å²) in [6, 6.07) is 14.1. The molecule has 0 unspecified atom stereocenters. The smallest absolute Gasteiger partial charge is 0.373 e. The van der Waals surface area contributed by atoms with Crippen LogP contribution in [-0.4, -0.2) is 24.1 Å². The van der Waals surface area contributed by atoms with Gasteiger partial charge in [0, 0.05) is 5.41 Å². The third kappa shape index (κ3) is 3.56. The van der Waals surface area contributed by atoms with Crippen LogP contribution in [0.2, 0.25) is 0 Å². The van der Waals surface area contributed by atoms with Crippen LogP contribution in [0.4, 0.5) is 18.0 Å². The molecule has 1 heterocycles. The van der Waals surface area contributed by atoms with E-state index in [1.54, 1.807) is 13.0 Å². The number of halogens is 3. The monoisotopic (exact) mass is 418 g/mol. The molecule has 2 N–H and O–H groups in total. The largest absolute Gasteiger partial charge is 0.416 e. The lowest BCUT2D eigenvalue weighted by Crippen LogP contribution is -2.65. The van der Waals surface area contributed by atoms with Crippen LogP contribution < -0.4 is 10.6 Å². The van der Waals surface area contributed by atoms with Gasteiger partial charge in [0.15, 0.2) is 0 Å². The molecule has 1 saturated carbocycles. The van der Waals surface area contributed by atoms with Crippen LogP contribution in [0, 0.1) is 0 Å². The minimum absolute atomic E-state index is 0.208. The van der Waals surface area contributed by atoms with Gasteiger partial charge >= 0.3 is 12.2 Å². The first kappa shape index (κ1) is 20.4. The zero-order valence-electron chi connectivity index (χ0n) is 16.3. The maximum absolute atomic E-state index is 13.0. The molecule has 2 aromatic rings. The van der Waals surface area contributed by atoms with Crippen molar-refractivity contribution < 1.29 is 27.5 Å². The number of hydrogen-bond donors (Lipinski definition) is 2. The summed E-state index contributed by atoms with van der Waals surface area (Å²) in [5.74, 6) is -0.356. The van der Waals surface area contributed by atoms with Crippen LogP contribution >= 0.6 is 0 Å². The van der Waals surface area contributed by atoms with Gasteiger partial charge in [0.1, 0.15) is 5.54 Å². The van der Waals surface area contributed by atoms with Crippen LogP contribution in [0.3, 0.4) is 0 Å². The SMILES string of the molecule is C[C@@H](OC[C@]1(c2ccccc2)C[C@@]2(C1)NC(=O)NC2=O)c1cccc(C(F)(F)F)c1. The highest BCUT2D eigenvalue weighted by Gasteiger charge is 2.63. The molecule has 1 aliphatic heterocycles. The maximum Gasteiger partial charge on any atom is 0.416 e. The van der Waals surface area contributed by atoms with E-state index in [-0.39, 0.29) is 12.5 Å². The molecule has 8 heteroatoms. The molecule has 2 aliphatic rings. The number of urea groups is 1. The van der Waals surface area contributed by atoms with Gasteiger partial charge in [-0.25, -0.2) is 4.79 Å². The molecule has 2 aromatic carbocycles. The lowest BCUT2D eigenvalue weighted by atomic mass is 9.54. The van der Waals surface area contributed by atoms with E-state index in [2.05, 4.69) is 10.6 Å². The Morgan fingerprint density at radius 3 is 2.37 bits per heavy atom. The van der Waals surface area contributed by atoms with Gasteiger partial charge in [-0.1, -0.05) is 42.5 Å². The molecule has 4 rings (SSSR count). The van der Waals surface area contributed by atoms with Crippen LogP contribution in [0.1, 0.15) is 42.6 Å². The van der Waals surface area contributed by atoms with E-state index in [4.69, 9.17) is 4.74 Å². The maximum atomic E-state index is 13.0. The molecule has 2 fully saturated rings. The van der Waals surface area contributed by atoms with E-state index in [1.165, 1.54) is 6.07 Å². The predicted octanol–water partition coefficient (Wildman–Crippen LogP) is 4.09. The number of amides is 3. The highest BCUT2D eigenvalue weighted by molar-refractivity contribution is 6.08. The lowest BCUT2D eigenvalue weighted by molar-refractivity contribution is -0.137. The Bertz CT molecular complexity index is 969. The third-order valence-corrected chi connectivity index (χ3v) is 5.97. The Hall–Kier alpha value is -2.87. The van der Waals surface area contributed by atoms with Crippen molar-refractivity contribution in [2.75, 3.05) is 6.61 Å². The van der Waals surface area contributed by atoms with Crippen LogP contribution in [0.15, 0.2) is 54.6 Å². The molecule has 5 nitrogen and oxygen atoms in total. The van der Waals surface area contributed by atoms with E-state index in [1.807, 2.05) is 30.3 Å². The minimum atomic E-state index is -4.42. The van der Waals surface area contributed by atoms with Crippen molar-refractivity contribution in [2.24, 2.45) is 0 Å². The van der Waals surface area contributed by atoms with Gasteiger partial charge in [0.2, 0.25) is 0 Å². The zero-order valence-corrected chi connectivity index (χ0v) is 16.3. The van der Waals surface area contributed by atoms with E-state index < -0.39 is 34.8 Å². The number of ether oxygens (including phenoxy) is 1. The topological polar surface area (TPSA) is 67.4 Å². The number of carbonyl (C=O) groups excluding carboxylic acids is 2. The average molecular weight is 418 g/mol. The standard InChI is InChI=1S/C22H21F3N2O3/c1-14(15-6-5-9-17(10-15)22(23,24)25)30-13-20(16-7-3-2-4-8-16)11-21(12-20)18(28)26-19(29)27-21/h2-10,14H,11-13H2,1H3,(H2,26,27,28,29)/t14-,20-,21-/m1/s1. The fraction of sp³-hybridized carbons (Fsp3) is 0.364. The number of nitrogens with one attached hydrogen (secondary N) is 2. The van der Waals surface area contributed by atoms with Gasteiger partial charge < -0.3 is 10.1 Å². The zero-order chi connectivity index (χ0) is 21.6. The summed E-state index contributed by atoms with van der Waals surface area (Å²) >= 11 is 0. The van der Waals surface area contributed by atoms with Crippen molar-refractivity contribution in [3.63, 3.8) is 0 Å². The molecule has 158 valence electrons. The van der Waals surface area contributed by atoms with E-state index in [0.29, 0.717) is 18.4 Å². The number of imide groups is 1. The summed E-state index contributed by atoms with van der Waals surface area (Å²) in [6.45, 7) is 1.91. The third-order valence-electron chi connectivity index (χ3n) is 5.97. The molecule has 0 bridgehead atoms. The highest BCUT2D eigenvalue weighted by atomic mass is 19.4. The second kappa shape index (κ2) is 7.12. The predicted molar refractivity (Wildman–Crippen MR) is 103 cm³/mol. The molecular weight excluding hydrogens is 397 g/mol. The van der Waals surface area contributed by atoms with Crippen LogP contribution in [0.25, 0.3) is 0 Å². The Kier molecular flexibility index (Phi) is 4.85. The summed E-state index contributed by atoms with van der Waals surface area (Å²) in [4.78, 5) is 23.9. The van der Waals surface area contributed by atoms with Crippen molar-refractivity contribution in [2.45, 2.75) is 43.0 Å². The molecule has 1 saturated heterocycles. The average Bonchev–Trinajstić information content (AvgIpc) is 2.98. The quantitative estimate of drug-likeness (QED) is 0.719. The first-order valence-corrected chi connectivity index (χ1v) is 9.62. The van der Waals surface area contributed by atoms with Crippen molar-refractivity contribution in [3.8, 4) is 0 Å². The fourth-order valence-corrected chi connectivity index (χ4v) is 4.41. The van der Waals surface area contributed by atoms with Gasteiger partial charge in [0.25, 0.3) is 5.91 Å². The van der Waals surface area contributed by atoms with Crippen LogP contribution in [0.5, 0.6) is 0 Å². The Morgan fingerprint density at radius 2 is 1.77 bits per heavy atom. The van der Waals surface area contributed by atoms with Gasteiger partial charge in [-0.3, -0.25) is 10.1 Å². The minimum Gasteiger partial charge on any atom is -0.373 e. The summed E-state index contributed by atoms with van der Waals surface area (Å²) < 4.78 is 45.1. The first-order chi connectivity index (χ1) is 14.1. The molecular formula is C22H21F3N2O3. The summed E-state index contributed by atoms with van der Waals surface area (Å²) in [5.41, 5.74) is -0.821. The van der Waals surface area contributed by atoms with Gasteiger partial charge in [-0.2, -0.15) is 13.2 Å². The molecule has 1 aliphatic carbocycles. The second-order valence-electron chi connectivity index (χ2n) is 8.07. The number of benzene rings is 2. The summed E-state index contributed by atoms with van der Waals surface area (Å²) in [6.07, 6.45) is -4.28. The first-order valence-electron chi connectivity index (χ1n) is 9.62. The highest BCUT2D eigenvalue weighted by Crippen LogP contribution is 2.52. The normalized spacial score (nSPS) is 26.8. The van der Waals surface area contributed by atoms with Crippen molar-refractivity contribution in [1.29, 1.82) is 0 Å². The Labute approximate surface area is 171 Å². The summed E-state index contributed by atoms with van der Waals surface area (Å²) in [5, 5.41) is 4.98. The molecule has 3 amide bonds. The van der Waals surface area contributed by atoms with Crippen molar-refractivity contribution >= 4 is 11.9 Å². The lowest BCUT2D eigenvalue weighted by Gasteiger charge is -2.53. The molecule has 0 radical (unpaired) electrons. The van der Waals surface area contributed by atoms with E-state index >= 15 is 0 Å². The van der Waals surface area contributed by atoms with Crippen molar-refractivity contribution in [3.05, 3.63) is 71.3 Å². The van der Waals surface area contributed by atoms with E-state index in [0.717, 1.165) is 17.7 Å². The van der Waals surface area contributed by atoms with E-state index in [9.17, 15) is 22.8 Å². The van der Waals surface area contributed by atoms with Gasteiger partial charge in [-0.05, 0) is 43.0 Å². The Balaban J connectivity index is 1.53.